The van der Waals surface area contributed by atoms with E-state index in [-0.39, 0.29) is 12.0 Å². The fourth-order valence-corrected chi connectivity index (χ4v) is 1.79. The van der Waals surface area contributed by atoms with Gasteiger partial charge in [0.2, 0.25) is 0 Å². The predicted octanol–water partition coefficient (Wildman–Crippen LogP) is 2.71. The third-order valence-electron chi connectivity index (χ3n) is 1.12. The Hall–Kier alpha value is 0.720. The smallest absolute Gasteiger partial charge is 0.0431 e. The van der Waals surface area contributed by atoms with Gasteiger partial charge in [-0.15, -0.1) is 11.6 Å². The fourth-order valence-electron chi connectivity index (χ4n) is 0.655. The van der Waals surface area contributed by atoms with Gasteiger partial charge < -0.3 is 5.11 Å². The van der Waals surface area contributed by atoms with Crippen molar-refractivity contribution in [3.63, 3.8) is 0 Å². The summed E-state index contributed by atoms with van der Waals surface area (Å²) >= 11 is 8.05. The third-order valence-corrected chi connectivity index (χ3v) is 1.93. The van der Waals surface area contributed by atoms with Crippen molar-refractivity contribution in [1.29, 1.82) is 0 Å². The molecule has 1 N–H and O–H groups in total. The Kier molecular flexibility index (Phi) is 6.89. The zero-order valence-corrected chi connectivity index (χ0v) is 8.73. The van der Waals surface area contributed by atoms with Gasteiger partial charge in [-0.3, -0.25) is 0 Å². The molecule has 0 radical (unpaired) electrons. The van der Waals surface area contributed by atoms with E-state index in [1.54, 1.807) is 0 Å². The fraction of sp³-hybridized carbons (Fsp3) is 0.714. The maximum absolute atomic E-state index is 8.47. The number of rotatable bonds is 5. The Balaban J connectivity index is 3.25. The lowest BCUT2D eigenvalue weighted by Crippen LogP contribution is -1.99. The Morgan fingerprint density at radius 3 is 2.70 bits per heavy atom. The molecule has 1 nitrogen and oxygen atoms in total. The number of allylic oxidation sites excluding steroid dienone is 1. The number of alkyl halides is 1. The van der Waals surface area contributed by atoms with Gasteiger partial charge in [-0.05, 0) is 45.4 Å². The first-order valence-corrected chi connectivity index (χ1v) is 4.76. The first-order chi connectivity index (χ1) is 4.66. The highest BCUT2D eigenvalue weighted by molar-refractivity contribution is 14.1. The van der Waals surface area contributed by atoms with Crippen molar-refractivity contribution >= 4 is 34.2 Å². The van der Waals surface area contributed by atoms with Crippen molar-refractivity contribution in [2.24, 2.45) is 0 Å². The topological polar surface area (TPSA) is 20.2 Å². The van der Waals surface area contributed by atoms with Gasteiger partial charge in [0.1, 0.15) is 0 Å². The highest BCUT2D eigenvalue weighted by atomic mass is 127. The van der Waals surface area contributed by atoms with Crippen molar-refractivity contribution in [2.45, 2.75) is 24.6 Å². The van der Waals surface area contributed by atoms with Crippen molar-refractivity contribution in [3.05, 3.63) is 10.2 Å². The van der Waals surface area contributed by atoms with E-state index in [0.717, 1.165) is 22.8 Å². The lowest BCUT2D eigenvalue weighted by molar-refractivity contribution is 0.284. The van der Waals surface area contributed by atoms with Crippen LogP contribution in [0.25, 0.3) is 0 Å². The number of hydrogen-bond acceptors (Lipinski definition) is 1. The molecule has 0 rings (SSSR count). The highest BCUT2D eigenvalue weighted by Gasteiger charge is 2.03. The summed E-state index contributed by atoms with van der Waals surface area (Å²) in [5, 5.41) is 8.62. The molecule has 0 saturated heterocycles. The molecule has 0 aromatic carbocycles. The molecule has 0 saturated carbocycles. The van der Waals surface area contributed by atoms with Crippen LogP contribution in [0.3, 0.4) is 0 Å². The quantitative estimate of drug-likeness (QED) is 0.604. The van der Waals surface area contributed by atoms with Gasteiger partial charge in [0.05, 0.1) is 0 Å². The summed E-state index contributed by atoms with van der Waals surface area (Å²) in [6.45, 7) is 3.98. The summed E-state index contributed by atoms with van der Waals surface area (Å²) in [7, 11) is 0. The van der Waals surface area contributed by atoms with Crippen LogP contribution in [0.4, 0.5) is 0 Å². The normalized spacial score (nSPS) is 13.1. The summed E-state index contributed by atoms with van der Waals surface area (Å²) in [4.78, 5) is 0. The Morgan fingerprint density at radius 2 is 2.30 bits per heavy atom. The van der Waals surface area contributed by atoms with Crippen molar-refractivity contribution in [3.8, 4) is 0 Å². The van der Waals surface area contributed by atoms with Crippen LogP contribution in [0.5, 0.6) is 0 Å². The maximum Gasteiger partial charge on any atom is 0.0431 e. The molecule has 0 amide bonds. The van der Waals surface area contributed by atoms with E-state index < -0.39 is 0 Å². The van der Waals surface area contributed by atoms with E-state index in [4.69, 9.17) is 16.7 Å². The van der Waals surface area contributed by atoms with E-state index in [1.165, 1.54) is 0 Å². The number of hydrogen-bond donors (Lipinski definition) is 1. The second-order valence-corrected chi connectivity index (χ2v) is 4.33. The standard InChI is InChI=1S/C7H12ClIO/c1-6(9)5-7(8)3-2-4-10/h7,10H,1-5H2. The molecule has 0 aromatic heterocycles. The summed E-state index contributed by atoms with van der Waals surface area (Å²) in [6.07, 6.45) is 2.51. The molecule has 0 aliphatic rings. The Labute approximate surface area is 80.6 Å². The van der Waals surface area contributed by atoms with Crippen LogP contribution < -0.4 is 0 Å². The molecule has 3 heteroatoms. The average molecular weight is 275 g/mol. The third kappa shape index (κ3) is 6.83. The van der Waals surface area contributed by atoms with Crippen LogP contribution in [0.1, 0.15) is 19.3 Å². The van der Waals surface area contributed by atoms with E-state index in [0.29, 0.717) is 0 Å². The summed E-state index contributed by atoms with van der Waals surface area (Å²) < 4.78 is 1.08. The first kappa shape index (κ1) is 10.7. The molecule has 0 aliphatic heterocycles. The summed E-state index contributed by atoms with van der Waals surface area (Å²) in [5.74, 6) is 0. The van der Waals surface area contributed by atoms with Crippen LogP contribution in [0.2, 0.25) is 0 Å². The van der Waals surface area contributed by atoms with Crippen molar-refractivity contribution in [1.82, 2.24) is 0 Å². The zero-order chi connectivity index (χ0) is 7.98. The molecule has 10 heavy (non-hydrogen) atoms. The van der Waals surface area contributed by atoms with Crippen LogP contribution in [-0.2, 0) is 0 Å². The minimum atomic E-state index is 0.150. The maximum atomic E-state index is 8.47. The summed E-state index contributed by atoms with van der Waals surface area (Å²) in [5.41, 5.74) is 0. The molecule has 0 aromatic rings. The van der Waals surface area contributed by atoms with E-state index in [2.05, 4.69) is 29.2 Å². The SMILES string of the molecule is C=C(I)CC(Cl)CCCO. The minimum absolute atomic E-state index is 0.150. The van der Waals surface area contributed by atoms with Gasteiger partial charge in [0.15, 0.2) is 0 Å². The molecule has 0 spiro atoms. The second kappa shape index (κ2) is 6.43. The monoisotopic (exact) mass is 274 g/mol. The van der Waals surface area contributed by atoms with Crippen LogP contribution in [-0.4, -0.2) is 17.1 Å². The van der Waals surface area contributed by atoms with Crippen molar-refractivity contribution < 1.29 is 5.11 Å². The molecule has 0 aliphatic carbocycles. The lowest BCUT2D eigenvalue weighted by atomic mass is 10.2. The van der Waals surface area contributed by atoms with Crippen molar-refractivity contribution in [2.75, 3.05) is 6.61 Å². The van der Waals surface area contributed by atoms with Gasteiger partial charge >= 0.3 is 0 Å². The Morgan fingerprint density at radius 1 is 1.70 bits per heavy atom. The molecular weight excluding hydrogens is 262 g/mol. The van der Waals surface area contributed by atoms with Gasteiger partial charge in [-0.2, -0.15) is 0 Å². The van der Waals surface area contributed by atoms with E-state index in [1.807, 2.05) is 0 Å². The van der Waals surface area contributed by atoms with Gasteiger partial charge in [-0.1, -0.05) is 6.58 Å². The first-order valence-electron chi connectivity index (χ1n) is 3.25. The molecule has 1 unspecified atom stereocenters. The number of aliphatic hydroxyl groups is 1. The van der Waals surface area contributed by atoms with E-state index in [9.17, 15) is 0 Å². The van der Waals surface area contributed by atoms with E-state index >= 15 is 0 Å². The van der Waals surface area contributed by atoms with Gasteiger partial charge in [0, 0.05) is 12.0 Å². The van der Waals surface area contributed by atoms with Gasteiger partial charge in [-0.25, -0.2) is 0 Å². The average Bonchev–Trinajstić information content (AvgIpc) is 1.82. The summed E-state index contributed by atoms with van der Waals surface area (Å²) in [6, 6.07) is 0. The number of halogens is 2. The zero-order valence-electron chi connectivity index (χ0n) is 5.82. The Bertz CT molecular complexity index is 106. The van der Waals surface area contributed by atoms with Crippen LogP contribution in [0.15, 0.2) is 10.2 Å². The second-order valence-electron chi connectivity index (χ2n) is 2.18. The largest absolute Gasteiger partial charge is 0.396 e. The molecule has 0 heterocycles. The number of aliphatic hydroxyl groups excluding tert-OH is 1. The highest BCUT2D eigenvalue weighted by Crippen LogP contribution is 2.18. The molecule has 0 bridgehead atoms. The minimum Gasteiger partial charge on any atom is -0.396 e. The lowest BCUT2D eigenvalue weighted by Gasteiger charge is -2.05. The van der Waals surface area contributed by atoms with Crippen LogP contribution in [0, 0.1) is 0 Å². The molecular formula is C7H12ClIO. The van der Waals surface area contributed by atoms with Gasteiger partial charge in [0.25, 0.3) is 0 Å². The van der Waals surface area contributed by atoms with Crippen LogP contribution >= 0.6 is 34.2 Å². The molecule has 60 valence electrons. The molecule has 1 atom stereocenters. The predicted molar refractivity (Wildman–Crippen MR) is 53.7 cm³/mol. The molecule has 0 fully saturated rings.